The van der Waals surface area contributed by atoms with Crippen LogP contribution in [0, 0.1) is 20.8 Å². The highest BCUT2D eigenvalue weighted by atomic mass is 79.9. The molecule has 1 aromatic heterocycles. The van der Waals surface area contributed by atoms with E-state index in [9.17, 15) is 4.79 Å². The largest absolute Gasteiger partial charge is 0.294 e. The van der Waals surface area contributed by atoms with Crippen LogP contribution in [0.15, 0.2) is 22.7 Å². The lowest BCUT2D eigenvalue weighted by atomic mass is 9.99. The van der Waals surface area contributed by atoms with Crippen LogP contribution < -0.4 is 0 Å². The van der Waals surface area contributed by atoms with Crippen LogP contribution in [-0.2, 0) is 13.5 Å². The number of rotatable bonds is 3. The van der Waals surface area contributed by atoms with Gasteiger partial charge in [-0.3, -0.25) is 9.48 Å². The third-order valence-corrected chi connectivity index (χ3v) is 4.31. The van der Waals surface area contributed by atoms with E-state index in [-0.39, 0.29) is 5.78 Å². The second kappa shape index (κ2) is 5.29. The number of benzene rings is 1. The molecule has 19 heavy (non-hydrogen) atoms. The molecule has 0 aliphatic carbocycles. The van der Waals surface area contributed by atoms with Gasteiger partial charge in [0.25, 0.3) is 0 Å². The highest BCUT2D eigenvalue weighted by Gasteiger charge is 2.16. The first kappa shape index (κ1) is 14.0. The summed E-state index contributed by atoms with van der Waals surface area (Å²) in [5.41, 5.74) is 4.75. The number of nitrogens with zero attached hydrogens (tertiary/aromatic N) is 2. The molecule has 0 atom stereocenters. The molecule has 1 heterocycles. The second-order valence-electron chi connectivity index (χ2n) is 4.89. The van der Waals surface area contributed by atoms with Crippen molar-refractivity contribution in [3.8, 4) is 0 Å². The Labute approximate surface area is 121 Å². The van der Waals surface area contributed by atoms with Gasteiger partial charge in [-0.1, -0.05) is 17.7 Å². The van der Waals surface area contributed by atoms with E-state index in [0.717, 1.165) is 32.6 Å². The monoisotopic (exact) mass is 320 g/mol. The molecular weight excluding hydrogens is 304 g/mol. The van der Waals surface area contributed by atoms with E-state index in [4.69, 9.17) is 0 Å². The standard InChI is InChI=1S/C15H17BrN2O/c1-9-5-6-10(2)12(7-9)14(19)8-13-15(16)11(3)17-18(13)4/h5-7H,8H2,1-4H3. The Bertz CT molecular complexity index is 644. The van der Waals surface area contributed by atoms with Crippen molar-refractivity contribution in [3.63, 3.8) is 0 Å². The Morgan fingerprint density at radius 3 is 2.58 bits per heavy atom. The third-order valence-electron chi connectivity index (χ3n) is 3.28. The maximum atomic E-state index is 12.4. The Kier molecular flexibility index (Phi) is 3.90. The fourth-order valence-electron chi connectivity index (χ4n) is 2.16. The maximum Gasteiger partial charge on any atom is 0.169 e. The molecule has 2 rings (SSSR count). The first-order chi connectivity index (χ1) is 8.90. The minimum atomic E-state index is 0.130. The summed E-state index contributed by atoms with van der Waals surface area (Å²) >= 11 is 3.50. The quantitative estimate of drug-likeness (QED) is 0.811. The summed E-state index contributed by atoms with van der Waals surface area (Å²) in [7, 11) is 1.86. The zero-order chi connectivity index (χ0) is 14.2. The first-order valence-electron chi connectivity index (χ1n) is 6.18. The van der Waals surface area contributed by atoms with Crippen molar-refractivity contribution < 1.29 is 4.79 Å². The topological polar surface area (TPSA) is 34.9 Å². The molecule has 0 unspecified atom stereocenters. The molecule has 0 radical (unpaired) electrons. The smallest absolute Gasteiger partial charge is 0.169 e. The summed E-state index contributed by atoms with van der Waals surface area (Å²) < 4.78 is 2.69. The van der Waals surface area contributed by atoms with Gasteiger partial charge in [-0.05, 0) is 48.3 Å². The minimum Gasteiger partial charge on any atom is -0.294 e. The maximum absolute atomic E-state index is 12.4. The summed E-state index contributed by atoms with van der Waals surface area (Å²) in [6, 6.07) is 5.97. The lowest BCUT2D eigenvalue weighted by molar-refractivity contribution is 0.0990. The summed E-state index contributed by atoms with van der Waals surface area (Å²) in [4.78, 5) is 12.4. The molecule has 0 bridgehead atoms. The SMILES string of the molecule is Cc1ccc(C)c(C(=O)Cc2c(Br)c(C)nn2C)c1. The molecule has 100 valence electrons. The van der Waals surface area contributed by atoms with Crippen LogP contribution in [0.4, 0.5) is 0 Å². The Morgan fingerprint density at radius 2 is 2.00 bits per heavy atom. The minimum absolute atomic E-state index is 0.130. The summed E-state index contributed by atoms with van der Waals surface area (Å²) in [6.07, 6.45) is 0.363. The van der Waals surface area contributed by atoms with Crippen LogP contribution in [0.2, 0.25) is 0 Å². The van der Waals surface area contributed by atoms with Crippen molar-refractivity contribution in [3.05, 3.63) is 50.8 Å². The number of aromatic nitrogens is 2. The van der Waals surface area contributed by atoms with Crippen LogP contribution in [0.25, 0.3) is 0 Å². The Morgan fingerprint density at radius 1 is 1.32 bits per heavy atom. The van der Waals surface area contributed by atoms with Crippen molar-refractivity contribution in [2.75, 3.05) is 0 Å². The molecule has 0 saturated carbocycles. The van der Waals surface area contributed by atoms with Gasteiger partial charge in [0.1, 0.15) is 0 Å². The highest BCUT2D eigenvalue weighted by molar-refractivity contribution is 9.10. The molecule has 2 aromatic rings. The first-order valence-corrected chi connectivity index (χ1v) is 6.98. The van der Waals surface area contributed by atoms with Crippen LogP contribution in [0.1, 0.15) is 32.9 Å². The molecule has 0 amide bonds. The van der Waals surface area contributed by atoms with Gasteiger partial charge in [0.05, 0.1) is 22.3 Å². The number of hydrogen-bond acceptors (Lipinski definition) is 2. The average molecular weight is 321 g/mol. The van der Waals surface area contributed by atoms with Crippen molar-refractivity contribution in [1.29, 1.82) is 0 Å². The van der Waals surface area contributed by atoms with Gasteiger partial charge in [-0.15, -0.1) is 0 Å². The summed E-state index contributed by atoms with van der Waals surface area (Å²) in [6.45, 7) is 5.90. The van der Waals surface area contributed by atoms with E-state index in [0.29, 0.717) is 6.42 Å². The molecule has 0 aliphatic rings. The third kappa shape index (κ3) is 2.78. The molecule has 0 fully saturated rings. The lowest BCUT2D eigenvalue weighted by Crippen LogP contribution is -2.10. The molecule has 0 spiro atoms. The Balaban J connectivity index is 2.33. The second-order valence-corrected chi connectivity index (χ2v) is 5.68. The summed E-state index contributed by atoms with van der Waals surface area (Å²) in [5, 5.41) is 4.31. The molecule has 0 N–H and O–H groups in total. The van der Waals surface area contributed by atoms with E-state index in [1.807, 2.05) is 46.0 Å². The van der Waals surface area contributed by atoms with Gasteiger partial charge >= 0.3 is 0 Å². The predicted octanol–water partition coefficient (Wildman–Crippen LogP) is 3.53. The summed E-state index contributed by atoms with van der Waals surface area (Å²) in [5.74, 6) is 0.130. The van der Waals surface area contributed by atoms with E-state index in [1.54, 1.807) is 4.68 Å². The zero-order valence-corrected chi connectivity index (χ0v) is 13.2. The number of Topliss-reactive ketones (excluding diaryl/α,β-unsaturated/α-hetero) is 1. The van der Waals surface area contributed by atoms with E-state index < -0.39 is 0 Å². The zero-order valence-electron chi connectivity index (χ0n) is 11.6. The average Bonchev–Trinajstić information content (AvgIpc) is 2.59. The molecular formula is C15H17BrN2O. The highest BCUT2D eigenvalue weighted by Crippen LogP contribution is 2.22. The fourth-order valence-corrected chi connectivity index (χ4v) is 2.63. The van der Waals surface area contributed by atoms with E-state index in [1.165, 1.54) is 0 Å². The molecule has 4 heteroatoms. The normalized spacial score (nSPS) is 10.8. The fraction of sp³-hybridized carbons (Fsp3) is 0.333. The molecule has 3 nitrogen and oxygen atoms in total. The number of carbonyl (C=O) groups excluding carboxylic acids is 1. The number of hydrogen-bond donors (Lipinski definition) is 0. The predicted molar refractivity (Wildman–Crippen MR) is 79.6 cm³/mol. The lowest BCUT2D eigenvalue weighted by Gasteiger charge is -2.07. The van der Waals surface area contributed by atoms with Gasteiger partial charge < -0.3 is 0 Å². The van der Waals surface area contributed by atoms with Gasteiger partial charge in [0.15, 0.2) is 5.78 Å². The number of halogens is 1. The van der Waals surface area contributed by atoms with Gasteiger partial charge in [0, 0.05) is 12.6 Å². The van der Waals surface area contributed by atoms with Crippen molar-refractivity contribution in [2.24, 2.45) is 7.05 Å². The van der Waals surface area contributed by atoms with Crippen molar-refractivity contribution in [2.45, 2.75) is 27.2 Å². The molecule has 0 saturated heterocycles. The molecule has 1 aromatic carbocycles. The van der Waals surface area contributed by atoms with Gasteiger partial charge in [-0.25, -0.2) is 0 Å². The van der Waals surface area contributed by atoms with Gasteiger partial charge in [-0.2, -0.15) is 5.10 Å². The number of aryl methyl sites for hydroxylation is 4. The Hall–Kier alpha value is -1.42. The van der Waals surface area contributed by atoms with Crippen molar-refractivity contribution >= 4 is 21.7 Å². The number of ketones is 1. The van der Waals surface area contributed by atoms with Crippen LogP contribution in [0.5, 0.6) is 0 Å². The van der Waals surface area contributed by atoms with Crippen LogP contribution in [0.3, 0.4) is 0 Å². The van der Waals surface area contributed by atoms with Crippen LogP contribution in [-0.4, -0.2) is 15.6 Å². The molecule has 0 aliphatic heterocycles. The van der Waals surface area contributed by atoms with E-state index in [2.05, 4.69) is 21.0 Å². The van der Waals surface area contributed by atoms with Gasteiger partial charge in [0.2, 0.25) is 0 Å². The van der Waals surface area contributed by atoms with E-state index >= 15 is 0 Å². The number of carbonyl (C=O) groups is 1. The van der Waals surface area contributed by atoms with Crippen LogP contribution >= 0.6 is 15.9 Å². The van der Waals surface area contributed by atoms with Crippen molar-refractivity contribution in [1.82, 2.24) is 9.78 Å².